The van der Waals surface area contributed by atoms with Gasteiger partial charge in [-0.15, -0.1) is 0 Å². The van der Waals surface area contributed by atoms with Crippen molar-refractivity contribution >= 4 is 11.4 Å². The lowest BCUT2D eigenvalue weighted by Crippen LogP contribution is -2.49. The first-order valence-electron chi connectivity index (χ1n) is 8.37. The smallest absolute Gasteiger partial charge is 0.0368 e. The molecule has 0 unspecified atom stereocenters. The molecule has 1 fully saturated rings. The summed E-state index contributed by atoms with van der Waals surface area (Å²) in [5, 5.41) is 3.71. The maximum absolute atomic E-state index is 3.71. The Labute approximate surface area is 134 Å². The Balaban J connectivity index is 1.71. The lowest BCUT2D eigenvalue weighted by Gasteiger charge is -2.43. The maximum atomic E-state index is 3.71. The molecule has 0 radical (unpaired) electrons. The van der Waals surface area contributed by atoms with Gasteiger partial charge in [-0.1, -0.05) is 50.2 Å². The van der Waals surface area contributed by atoms with Gasteiger partial charge in [0.15, 0.2) is 0 Å². The first-order valence-corrected chi connectivity index (χ1v) is 8.37. The molecule has 1 aliphatic heterocycles. The van der Waals surface area contributed by atoms with Crippen molar-refractivity contribution < 1.29 is 0 Å². The van der Waals surface area contributed by atoms with E-state index in [1.165, 1.54) is 24.2 Å². The minimum Gasteiger partial charge on any atom is -0.382 e. The van der Waals surface area contributed by atoms with Gasteiger partial charge in [0.25, 0.3) is 0 Å². The monoisotopic (exact) mass is 294 g/mol. The molecule has 2 aromatic carbocycles. The minimum absolute atomic E-state index is 0.565. The van der Waals surface area contributed by atoms with Crippen LogP contribution in [-0.4, -0.2) is 18.6 Å². The highest BCUT2D eigenvalue weighted by Gasteiger charge is 2.30. The van der Waals surface area contributed by atoms with Crippen LogP contribution in [0.2, 0.25) is 0 Å². The Morgan fingerprint density at radius 3 is 2.23 bits per heavy atom. The topological polar surface area (TPSA) is 15.3 Å². The molecule has 2 nitrogen and oxygen atoms in total. The molecule has 1 aliphatic rings. The number of benzene rings is 2. The average Bonchev–Trinajstić information content (AvgIpc) is 2.56. The molecule has 0 aromatic heterocycles. The van der Waals surface area contributed by atoms with E-state index in [0.717, 1.165) is 6.54 Å². The molecule has 0 amide bonds. The van der Waals surface area contributed by atoms with Crippen molar-refractivity contribution in [2.24, 2.45) is 5.92 Å². The number of hydrogen-bond donors (Lipinski definition) is 1. The molecule has 2 heteroatoms. The standard InChI is InChI=1S/C20H26N2/c1-16(2)20-15-18(21-17-9-5-3-6-10-17)13-14-22(20)19-11-7-4-8-12-19/h3-12,16,18,20-21H,13-15H2,1-2H3/t18-,20+/m0/s1. The molecular formula is C20H26N2. The fourth-order valence-corrected chi connectivity index (χ4v) is 3.47. The predicted octanol–water partition coefficient (Wildman–Crippen LogP) is 4.79. The Morgan fingerprint density at radius 2 is 1.59 bits per heavy atom. The summed E-state index contributed by atoms with van der Waals surface area (Å²) in [7, 11) is 0. The number of rotatable bonds is 4. The van der Waals surface area contributed by atoms with Crippen LogP contribution >= 0.6 is 0 Å². The van der Waals surface area contributed by atoms with Crippen molar-refractivity contribution in [3.8, 4) is 0 Å². The second-order valence-corrected chi connectivity index (χ2v) is 6.57. The zero-order valence-electron chi connectivity index (χ0n) is 13.6. The Hall–Kier alpha value is -1.96. The Kier molecular flexibility index (Phi) is 4.67. The van der Waals surface area contributed by atoms with Gasteiger partial charge < -0.3 is 10.2 Å². The van der Waals surface area contributed by atoms with E-state index in [9.17, 15) is 0 Å². The maximum Gasteiger partial charge on any atom is 0.0368 e. The van der Waals surface area contributed by atoms with Crippen molar-refractivity contribution in [3.05, 3.63) is 60.7 Å². The van der Waals surface area contributed by atoms with Crippen LogP contribution < -0.4 is 10.2 Å². The van der Waals surface area contributed by atoms with E-state index in [1.807, 2.05) is 0 Å². The van der Waals surface area contributed by atoms with Crippen LogP contribution in [0.4, 0.5) is 11.4 Å². The SMILES string of the molecule is CC(C)[C@H]1C[C@@H](Nc2ccccc2)CCN1c1ccccc1. The third-order valence-electron chi connectivity index (χ3n) is 4.65. The molecule has 1 saturated heterocycles. The van der Waals surface area contributed by atoms with Gasteiger partial charge in [0.05, 0.1) is 0 Å². The van der Waals surface area contributed by atoms with Crippen LogP contribution in [-0.2, 0) is 0 Å². The van der Waals surface area contributed by atoms with E-state index in [-0.39, 0.29) is 0 Å². The zero-order chi connectivity index (χ0) is 15.4. The number of anilines is 2. The molecule has 2 atom stereocenters. The van der Waals surface area contributed by atoms with Crippen LogP contribution in [0.5, 0.6) is 0 Å². The third-order valence-corrected chi connectivity index (χ3v) is 4.65. The van der Waals surface area contributed by atoms with E-state index >= 15 is 0 Å². The summed E-state index contributed by atoms with van der Waals surface area (Å²) in [5.41, 5.74) is 2.60. The molecule has 0 aliphatic carbocycles. The minimum atomic E-state index is 0.565. The molecule has 22 heavy (non-hydrogen) atoms. The zero-order valence-corrected chi connectivity index (χ0v) is 13.6. The van der Waals surface area contributed by atoms with E-state index in [0.29, 0.717) is 18.0 Å². The quantitative estimate of drug-likeness (QED) is 0.872. The van der Waals surface area contributed by atoms with Crippen molar-refractivity contribution in [2.75, 3.05) is 16.8 Å². The van der Waals surface area contributed by atoms with E-state index in [1.54, 1.807) is 0 Å². The molecule has 0 saturated carbocycles. The second-order valence-electron chi connectivity index (χ2n) is 6.57. The number of hydrogen-bond acceptors (Lipinski definition) is 2. The first-order chi connectivity index (χ1) is 10.7. The molecular weight excluding hydrogens is 268 g/mol. The summed E-state index contributed by atoms with van der Waals surface area (Å²) in [6.07, 6.45) is 2.38. The van der Waals surface area contributed by atoms with Gasteiger partial charge in [0.2, 0.25) is 0 Å². The van der Waals surface area contributed by atoms with Crippen molar-refractivity contribution in [3.63, 3.8) is 0 Å². The van der Waals surface area contributed by atoms with E-state index in [2.05, 4.69) is 84.7 Å². The largest absolute Gasteiger partial charge is 0.382 e. The highest BCUT2D eigenvalue weighted by Crippen LogP contribution is 2.30. The number of piperidine rings is 1. The van der Waals surface area contributed by atoms with Gasteiger partial charge in [-0.05, 0) is 43.0 Å². The molecule has 0 bridgehead atoms. The van der Waals surface area contributed by atoms with Crippen molar-refractivity contribution in [1.29, 1.82) is 0 Å². The Bertz CT molecular complexity index is 565. The summed E-state index contributed by atoms with van der Waals surface area (Å²) >= 11 is 0. The van der Waals surface area contributed by atoms with Crippen LogP contribution in [0, 0.1) is 5.92 Å². The van der Waals surface area contributed by atoms with Gasteiger partial charge >= 0.3 is 0 Å². The summed E-state index contributed by atoms with van der Waals surface area (Å²) < 4.78 is 0. The number of nitrogens with zero attached hydrogens (tertiary/aromatic N) is 1. The summed E-state index contributed by atoms with van der Waals surface area (Å²) in [4.78, 5) is 2.59. The van der Waals surface area contributed by atoms with Gasteiger partial charge in [-0.2, -0.15) is 0 Å². The lowest BCUT2D eigenvalue weighted by molar-refractivity contribution is 0.355. The van der Waals surface area contributed by atoms with Gasteiger partial charge in [-0.25, -0.2) is 0 Å². The van der Waals surface area contributed by atoms with Gasteiger partial charge in [-0.3, -0.25) is 0 Å². The molecule has 2 aromatic rings. The normalized spacial score (nSPS) is 21.9. The summed E-state index contributed by atoms with van der Waals surface area (Å²) in [6.45, 7) is 5.80. The predicted molar refractivity (Wildman–Crippen MR) is 95.5 cm³/mol. The van der Waals surface area contributed by atoms with Crippen molar-refractivity contribution in [1.82, 2.24) is 0 Å². The number of nitrogens with one attached hydrogen (secondary N) is 1. The third kappa shape index (κ3) is 3.44. The van der Waals surface area contributed by atoms with Crippen LogP contribution in [0.15, 0.2) is 60.7 Å². The van der Waals surface area contributed by atoms with Gasteiger partial charge in [0.1, 0.15) is 0 Å². The number of para-hydroxylation sites is 2. The fourth-order valence-electron chi connectivity index (χ4n) is 3.47. The summed E-state index contributed by atoms with van der Waals surface area (Å²) in [6, 6.07) is 22.6. The van der Waals surface area contributed by atoms with E-state index in [4.69, 9.17) is 0 Å². The molecule has 116 valence electrons. The van der Waals surface area contributed by atoms with Crippen LogP contribution in [0.3, 0.4) is 0 Å². The Morgan fingerprint density at radius 1 is 0.955 bits per heavy atom. The molecule has 1 N–H and O–H groups in total. The lowest BCUT2D eigenvalue weighted by atomic mass is 9.89. The average molecular weight is 294 g/mol. The second kappa shape index (κ2) is 6.87. The highest BCUT2D eigenvalue weighted by atomic mass is 15.2. The van der Waals surface area contributed by atoms with Crippen LogP contribution in [0.1, 0.15) is 26.7 Å². The van der Waals surface area contributed by atoms with Gasteiger partial charge in [0, 0.05) is 30.0 Å². The van der Waals surface area contributed by atoms with Crippen LogP contribution in [0.25, 0.3) is 0 Å². The summed E-state index contributed by atoms with van der Waals surface area (Å²) in [5.74, 6) is 0.653. The highest BCUT2D eigenvalue weighted by molar-refractivity contribution is 5.49. The molecule has 3 rings (SSSR count). The first kappa shape index (κ1) is 15.0. The van der Waals surface area contributed by atoms with Crippen molar-refractivity contribution in [2.45, 2.75) is 38.8 Å². The molecule has 0 spiro atoms. The fraction of sp³-hybridized carbons (Fsp3) is 0.400. The molecule has 1 heterocycles. The van der Waals surface area contributed by atoms with E-state index < -0.39 is 0 Å².